The summed E-state index contributed by atoms with van der Waals surface area (Å²) in [5.41, 5.74) is 8.05. The van der Waals surface area contributed by atoms with E-state index in [4.69, 9.17) is 10.5 Å². The zero-order valence-corrected chi connectivity index (χ0v) is 17.4. The van der Waals surface area contributed by atoms with Crippen molar-refractivity contribution in [1.29, 1.82) is 0 Å². The molecule has 1 saturated heterocycles. The van der Waals surface area contributed by atoms with Gasteiger partial charge in [0.25, 0.3) is 5.91 Å². The second-order valence-corrected chi connectivity index (χ2v) is 8.27. The molecule has 0 radical (unpaired) electrons. The standard InChI is InChI=1S/C23H24N4O4/c1-23-12-17-16-11-15(31-2)6-7-18(16)25-19(17)20(13-4-3-5-14(28)10-13)27(23)22(30)26(9-8-24)21(23)29/h3-7,10-11,20,25,28H,8-9,12,24H2,1-2H3. The lowest BCUT2D eigenvalue weighted by Gasteiger charge is -2.42. The number of rotatable bonds is 4. The highest BCUT2D eigenvalue weighted by Gasteiger charge is 2.59. The van der Waals surface area contributed by atoms with Crippen molar-refractivity contribution in [2.45, 2.75) is 24.9 Å². The number of methoxy groups -OCH3 is 1. The first-order valence-corrected chi connectivity index (χ1v) is 10.2. The second-order valence-electron chi connectivity index (χ2n) is 8.27. The highest BCUT2D eigenvalue weighted by molar-refractivity contribution is 6.08. The zero-order valence-electron chi connectivity index (χ0n) is 17.4. The number of ether oxygens (including phenoxy) is 1. The van der Waals surface area contributed by atoms with Crippen LogP contribution in [0.5, 0.6) is 11.5 Å². The summed E-state index contributed by atoms with van der Waals surface area (Å²) in [7, 11) is 1.61. The van der Waals surface area contributed by atoms with Crippen molar-refractivity contribution in [3.8, 4) is 11.5 Å². The van der Waals surface area contributed by atoms with E-state index in [1.54, 1.807) is 30.2 Å². The van der Waals surface area contributed by atoms with E-state index < -0.39 is 11.6 Å². The highest BCUT2D eigenvalue weighted by atomic mass is 16.5. The van der Waals surface area contributed by atoms with Crippen LogP contribution in [-0.4, -0.2) is 57.6 Å². The monoisotopic (exact) mass is 420 g/mol. The first kappa shape index (κ1) is 19.4. The number of benzene rings is 2. The van der Waals surface area contributed by atoms with E-state index in [-0.39, 0.29) is 30.8 Å². The number of aromatic hydroxyl groups is 1. The van der Waals surface area contributed by atoms with Gasteiger partial charge in [-0.1, -0.05) is 12.1 Å². The first-order chi connectivity index (χ1) is 14.9. The first-order valence-electron chi connectivity index (χ1n) is 10.2. The number of phenolic OH excluding ortho intramolecular Hbond substituents is 1. The molecule has 5 rings (SSSR count). The molecule has 4 N–H and O–H groups in total. The van der Waals surface area contributed by atoms with Gasteiger partial charge in [0, 0.05) is 36.1 Å². The van der Waals surface area contributed by atoms with Crippen molar-refractivity contribution in [1.82, 2.24) is 14.8 Å². The molecule has 0 spiro atoms. The van der Waals surface area contributed by atoms with Crippen LogP contribution in [0.25, 0.3) is 10.9 Å². The van der Waals surface area contributed by atoms with Gasteiger partial charge in [0.2, 0.25) is 0 Å². The maximum absolute atomic E-state index is 13.4. The smallest absolute Gasteiger partial charge is 0.328 e. The fraction of sp³-hybridized carbons (Fsp3) is 0.304. The van der Waals surface area contributed by atoms with Crippen molar-refractivity contribution >= 4 is 22.8 Å². The van der Waals surface area contributed by atoms with Crippen LogP contribution in [0.2, 0.25) is 0 Å². The van der Waals surface area contributed by atoms with E-state index in [0.717, 1.165) is 33.5 Å². The molecule has 3 amide bonds. The molecule has 31 heavy (non-hydrogen) atoms. The summed E-state index contributed by atoms with van der Waals surface area (Å²) in [6, 6.07) is 11.6. The van der Waals surface area contributed by atoms with Crippen LogP contribution < -0.4 is 10.5 Å². The minimum Gasteiger partial charge on any atom is -0.508 e. The van der Waals surface area contributed by atoms with Gasteiger partial charge in [-0.3, -0.25) is 14.6 Å². The van der Waals surface area contributed by atoms with Crippen LogP contribution in [0.3, 0.4) is 0 Å². The number of amides is 3. The van der Waals surface area contributed by atoms with Crippen LogP contribution in [-0.2, 0) is 11.2 Å². The summed E-state index contributed by atoms with van der Waals surface area (Å²) in [6.07, 6.45) is 0.371. The van der Waals surface area contributed by atoms with Crippen molar-refractivity contribution < 1.29 is 19.4 Å². The van der Waals surface area contributed by atoms with Gasteiger partial charge in [-0.05, 0) is 48.4 Å². The molecule has 160 valence electrons. The highest BCUT2D eigenvalue weighted by Crippen LogP contribution is 2.49. The van der Waals surface area contributed by atoms with Crippen LogP contribution in [0.15, 0.2) is 42.5 Å². The number of fused-ring (bicyclic) bond motifs is 4. The Morgan fingerprint density at radius 3 is 2.77 bits per heavy atom. The largest absolute Gasteiger partial charge is 0.508 e. The van der Waals surface area contributed by atoms with Gasteiger partial charge in [0.15, 0.2) is 0 Å². The minimum absolute atomic E-state index is 0.0980. The Kier molecular flexibility index (Phi) is 4.23. The SMILES string of the molecule is COc1ccc2[nH]c3c(c2c1)CC1(C)C(=O)N(CCN)C(=O)N1C3c1cccc(O)c1. The third kappa shape index (κ3) is 2.64. The number of carbonyl (C=O) groups excluding carboxylic acids is 2. The number of carbonyl (C=O) groups is 2. The average Bonchev–Trinajstić information content (AvgIpc) is 3.20. The Morgan fingerprint density at radius 2 is 2.06 bits per heavy atom. The second kappa shape index (κ2) is 6.75. The predicted molar refractivity (Wildman–Crippen MR) is 115 cm³/mol. The predicted octanol–water partition coefficient (Wildman–Crippen LogP) is 2.51. The van der Waals surface area contributed by atoms with E-state index in [2.05, 4.69) is 4.98 Å². The number of H-pyrrole nitrogens is 1. The fourth-order valence-electron chi connectivity index (χ4n) is 4.99. The van der Waals surface area contributed by atoms with Gasteiger partial charge in [-0.15, -0.1) is 0 Å². The van der Waals surface area contributed by atoms with Gasteiger partial charge in [-0.25, -0.2) is 4.79 Å². The Hall–Kier alpha value is -3.52. The van der Waals surface area contributed by atoms with Gasteiger partial charge in [-0.2, -0.15) is 0 Å². The lowest BCUT2D eigenvalue weighted by molar-refractivity contribution is -0.133. The lowest BCUT2D eigenvalue weighted by atomic mass is 9.81. The molecule has 0 saturated carbocycles. The Balaban J connectivity index is 1.78. The Morgan fingerprint density at radius 1 is 1.26 bits per heavy atom. The fourth-order valence-corrected chi connectivity index (χ4v) is 4.99. The molecule has 0 bridgehead atoms. The number of hydrogen-bond acceptors (Lipinski definition) is 5. The Labute approximate surface area is 179 Å². The van der Waals surface area contributed by atoms with Crippen LogP contribution >= 0.6 is 0 Å². The number of imide groups is 1. The van der Waals surface area contributed by atoms with E-state index in [9.17, 15) is 14.7 Å². The van der Waals surface area contributed by atoms with Crippen molar-refractivity contribution in [3.05, 3.63) is 59.3 Å². The molecule has 3 aromatic rings. The van der Waals surface area contributed by atoms with Crippen molar-refractivity contribution in [2.24, 2.45) is 5.73 Å². The maximum Gasteiger partial charge on any atom is 0.328 e. The van der Waals surface area contributed by atoms with Gasteiger partial charge in [0.1, 0.15) is 23.1 Å². The molecule has 1 fully saturated rings. The Bertz CT molecular complexity index is 1220. The quantitative estimate of drug-likeness (QED) is 0.562. The average molecular weight is 420 g/mol. The summed E-state index contributed by atoms with van der Waals surface area (Å²) in [6.45, 7) is 2.17. The van der Waals surface area contributed by atoms with E-state index in [1.807, 2.05) is 31.2 Å². The summed E-state index contributed by atoms with van der Waals surface area (Å²) in [5, 5.41) is 11.1. The van der Waals surface area contributed by atoms with E-state index in [1.165, 1.54) is 4.90 Å². The molecule has 2 atom stereocenters. The number of phenols is 1. The number of nitrogens with two attached hydrogens (primary N) is 1. The van der Waals surface area contributed by atoms with Crippen LogP contribution in [0.4, 0.5) is 4.79 Å². The summed E-state index contributed by atoms with van der Waals surface area (Å²) in [5.74, 6) is 0.561. The third-order valence-electron chi connectivity index (χ3n) is 6.41. The molecule has 2 aliphatic rings. The minimum atomic E-state index is -1.06. The van der Waals surface area contributed by atoms with Crippen LogP contribution in [0, 0.1) is 0 Å². The molecule has 0 aliphatic carbocycles. The van der Waals surface area contributed by atoms with Gasteiger partial charge in [0.05, 0.1) is 7.11 Å². The van der Waals surface area contributed by atoms with E-state index >= 15 is 0 Å². The number of nitrogens with zero attached hydrogens (tertiary/aromatic N) is 2. The molecule has 1 aromatic heterocycles. The molecule has 2 unspecified atom stereocenters. The molecular weight excluding hydrogens is 396 g/mol. The maximum atomic E-state index is 13.4. The number of aromatic amines is 1. The van der Waals surface area contributed by atoms with Crippen LogP contribution in [0.1, 0.15) is 29.8 Å². The van der Waals surface area contributed by atoms with E-state index in [0.29, 0.717) is 6.42 Å². The number of aromatic nitrogens is 1. The molecule has 8 nitrogen and oxygen atoms in total. The summed E-state index contributed by atoms with van der Waals surface area (Å²) >= 11 is 0. The topological polar surface area (TPSA) is 112 Å². The molecular formula is C23H24N4O4. The number of nitrogens with one attached hydrogen (secondary N) is 1. The molecule has 2 aliphatic heterocycles. The van der Waals surface area contributed by atoms with Crippen molar-refractivity contribution in [3.63, 3.8) is 0 Å². The summed E-state index contributed by atoms with van der Waals surface area (Å²) in [4.78, 5) is 33.2. The zero-order chi connectivity index (χ0) is 21.9. The normalized spacial score (nSPS) is 22.7. The van der Waals surface area contributed by atoms with Gasteiger partial charge >= 0.3 is 6.03 Å². The lowest BCUT2D eigenvalue weighted by Crippen LogP contribution is -2.53. The van der Waals surface area contributed by atoms with Crippen molar-refractivity contribution in [2.75, 3.05) is 20.2 Å². The molecule has 3 heterocycles. The number of urea groups is 1. The molecule has 2 aromatic carbocycles. The molecule has 8 heteroatoms. The van der Waals surface area contributed by atoms with Gasteiger partial charge < -0.3 is 20.6 Å². The summed E-state index contributed by atoms with van der Waals surface area (Å²) < 4.78 is 5.41. The third-order valence-corrected chi connectivity index (χ3v) is 6.41. The number of hydrogen-bond donors (Lipinski definition) is 3.